The summed E-state index contributed by atoms with van der Waals surface area (Å²) in [5.74, 6) is -0.645. The number of carboxylic acids is 1. The summed E-state index contributed by atoms with van der Waals surface area (Å²) in [4.78, 5) is 11.2. The van der Waals surface area contributed by atoms with Crippen molar-refractivity contribution < 1.29 is 9.90 Å². The van der Waals surface area contributed by atoms with Crippen molar-refractivity contribution in [1.82, 2.24) is 5.32 Å². The Labute approximate surface area is 103 Å². The van der Waals surface area contributed by atoms with Crippen LogP contribution in [0.4, 0.5) is 0 Å². The minimum atomic E-state index is -0.771. The second-order valence-electron chi connectivity index (χ2n) is 4.47. The number of carboxylic acid groups (broad SMARTS) is 1. The van der Waals surface area contributed by atoms with Crippen molar-refractivity contribution in [3.8, 4) is 0 Å². The normalized spacial score (nSPS) is 14.2. The van der Waals surface area contributed by atoms with Crippen LogP contribution in [0.5, 0.6) is 0 Å². The molecule has 3 heteroatoms. The molecular weight excluding hydrogens is 214 g/mol. The maximum atomic E-state index is 11.2. The van der Waals surface area contributed by atoms with Crippen LogP contribution >= 0.6 is 0 Å². The van der Waals surface area contributed by atoms with Crippen LogP contribution in [0, 0.1) is 5.92 Å². The second-order valence-corrected chi connectivity index (χ2v) is 4.47. The van der Waals surface area contributed by atoms with Gasteiger partial charge in [0, 0.05) is 6.54 Å². The Balaban J connectivity index is 2.54. The van der Waals surface area contributed by atoms with Gasteiger partial charge >= 0.3 is 5.97 Å². The zero-order chi connectivity index (χ0) is 12.7. The van der Waals surface area contributed by atoms with Crippen molar-refractivity contribution >= 4 is 5.97 Å². The van der Waals surface area contributed by atoms with Gasteiger partial charge in [-0.1, -0.05) is 50.6 Å². The van der Waals surface area contributed by atoms with Crippen LogP contribution in [0.25, 0.3) is 0 Å². The summed E-state index contributed by atoms with van der Waals surface area (Å²) in [5, 5.41) is 12.4. The molecule has 94 valence electrons. The van der Waals surface area contributed by atoms with Crippen LogP contribution in [0.3, 0.4) is 0 Å². The van der Waals surface area contributed by atoms with E-state index in [0.717, 1.165) is 18.5 Å². The van der Waals surface area contributed by atoms with Crippen molar-refractivity contribution in [3.05, 3.63) is 35.9 Å². The summed E-state index contributed by atoms with van der Waals surface area (Å²) in [5.41, 5.74) is 0.858. The van der Waals surface area contributed by atoms with E-state index < -0.39 is 11.9 Å². The van der Waals surface area contributed by atoms with Crippen molar-refractivity contribution in [2.45, 2.75) is 26.2 Å². The second kappa shape index (κ2) is 7.07. The van der Waals surface area contributed by atoms with Crippen molar-refractivity contribution in [1.29, 1.82) is 0 Å². The van der Waals surface area contributed by atoms with Crippen LogP contribution in [0.2, 0.25) is 0 Å². The zero-order valence-electron chi connectivity index (χ0n) is 10.5. The van der Waals surface area contributed by atoms with Gasteiger partial charge < -0.3 is 10.4 Å². The van der Waals surface area contributed by atoms with Gasteiger partial charge in [-0.2, -0.15) is 0 Å². The minimum Gasteiger partial charge on any atom is -0.481 e. The van der Waals surface area contributed by atoms with Gasteiger partial charge in [0.25, 0.3) is 0 Å². The number of aliphatic carboxylic acids is 1. The predicted molar refractivity (Wildman–Crippen MR) is 69.1 cm³/mol. The lowest BCUT2D eigenvalue weighted by molar-refractivity contribution is -0.138. The van der Waals surface area contributed by atoms with Gasteiger partial charge in [-0.15, -0.1) is 0 Å². The van der Waals surface area contributed by atoms with E-state index in [1.54, 1.807) is 0 Å². The smallest absolute Gasteiger partial charge is 0.312 e. The number of rotatable bonds is 7. The maximum Gasteiger partial charge on any atom is 0.312 e. The Morgan fingerprint density at radius 3 is 2.47 bits per heavy atom. The Bertz CT molecular complexity index is 337. The Kier molecular flexibility index (Phi) is 5.70. The predicted octanol–water partition coefficient (Wildman–Crippen LogP) is 2.49. The topological polar surface area (TPSA) is 49.3 Å². The van der Waals surface area contributed by atoms with Crippen LogP contribution in [0.15, 0.2) is 30.3 Å². The van der Waals surface area contributed by atoms with Crippen LogP contribution in [-0.4, -0.2) is 24.2 Å². The van der Waals surface area contributed by atoms with E-state index in [1.165, 1.54) is 0 Å². The Morgan fingerprint density at radius 2 is 1.94 bits per heavy atom. The summed E-state index contributed by atoms with van der Waals surface area (Å²) in [6, 6.07) is 9.38. The lowest BCUT2D eigenvalue weighted by Gasteiger charge is -2.15. The summed E-state index contributed by atoms with van der Waals surface area (Å²) in [7, 11) is 0. The summed E-state index contributed by atoms with van der Waals surface area (Å²) < 4.78 is 0. The number of carbonyl (C=O) groups is 1. The third-order valence-electron chi connectivity index (χ3n) is 3.04. The van der Waals surface area contributed by atoms with Gasteiger partial charge in [-0.05, 0) is 18.0 Å². The highest BCUT2D eigenvalue weighted by molar-refractivity contribution is 5.76. The van der Waals surface area contributed by atoms with Crippen LogP contribution in [0.1, 0.15) is 31.7 Å². The van der Waals surface area contributed by atoms with E-state index in [2.05, 4.69) is 19.2 Å². The van der Waals surface area contributed by atoms with Crippen molar-refractivity contribution in [2.24, 2.45) is 5.92 Å². The standard InChI is InChI=1S/C14H21NO2/c1-3-11(2)9-15-10-13(14(16)17)12-7-5-4-6-8-12/h4-8,11,13,15H,3,9-10H2,1-2H3,(H,16,17). The largest absolute Gasteiger partial charge is 0.481 e. The molecule has 3 nitrogen and oxygen atoms in total. The van der Waals surface area contributed by atoms with Gasteiger partial charge in [-0.25, -0.2) is 0 Å². The molecule has 0 fully saturated rings. The number of hydrogen-bond acceptors (Lipinski definition) is 2. The molecule has 0 spiro atoms. The number of benzene rings is 1. The molecule has 1 aromatic rings. The molecule has 0 saturated carbocycles. The summed E-state index contributed by atoms with van der Waals surface area (Å²) >= 11 is 0. The highest BCUT2D eigenvalue weighted by atomic mass is 16.4. The number of nitrogens with one attached hydrogen (secondary N) is 1. The first-order valence-electron chi connectivity index (χ1n) is 6.13. The fraction of sp³-hybridized carbons (Fsp3) is 0.500. The average molecular weight is 235 g/mol. The third-order valence-corrected chi connectivity index (χ3v) is 3.04. The molecule has 0 heterocycles. The van der Waals surface area contributed by atoms with E-state index in [-0.39, 0.29) is 0 Å². The van der Waals surface area contributed by atoms with E-state index >= 15 is 0 Å². The summed E-state index contributed by atoms with van der Waals surface area (Å²) in [6.45, 7) is 5.65. The van der Waals surface area contributed by atoms with Crippen molar-refractivity contribution in [3.63, 3.8) is 0 Å². The van der Waals surface area contributed by atoms with Gasteiger partial charge in [0.1, 0.15) is 0 Å². The monoisotopic (exact) mass is 235 g/mol. The molecule has 2 unspecified atom stereocenters. The molecule has 1 rings (SSSR count). The molecular formula is C14H21NO2. The molecule has 0 aliphatic heterocycles. The van der Waals surface area contributed by atoms with Gasteiger partial charge in [0.2, 0.25) is 0 Å². The summed E-state index contributed by atoms with van der Waals surface area (Å²) in [6.07, 6.45) is 1.11. The van der Waals surface area contributed by atoms with Gasteiger partial charge in [0.15, 0.2) is 0 Å². The highest BCUT2D eigenvalue weighted by Crippen LogP contribution is 2.14. The quantitative estimate of drug-likeness (QED) is 0.763. The Morgan fingerprint density at radius 1 is 1.29 bits per heavy atom. The van der Waals surface area contributed by atoms with Gasteiger partial charge in [0.05, 0.1) is 5.92 Å². The first-order valence-corrected chi connectivity index (χ1v) is 6.13. The van der Waals surface area contributed by atoms with E-state index in [9.17, 15) is 9.90 Å². The third kappa shape index (κ3) is 4.57. The first kappa shape index (κ1) is 13.7. The van der Waals surface area contributed by atoms with E-state index in [0.29, 0.717) is 12.5 Å². The van der Waals surface area contributed by atoms with Crippen LogP contribution < -0.4 is 5.32 Å². The van der Waals surface area contributed by atoms with Crippen molar-refractivity contribution in [2.75, 3.05) is 13.1 Å². The number of hydrogen-bond donors (Lipinski definition) is 2. The maximum absolute atomic E-state index is 11.2. The Hall–Kier alpha value is -1.35. The molecule has 0 saturated heterocycles. The molecule has 2 N–H and O–H groups in total. The lowest BCUT2D eigenvalue weighted by atomic mass is 9.99. The molecule has 0 amide bonds. The molecule has 0 aromatic heterocycles. The molecule has 1 aromatic carbocycles. The molecule has 0 radical (unpaired) electrons. The highest BCUT2D eigenvalue weighted by Gasteiger charge is 2.18. The lowest BCUT2D eigenvalue weighted by Crippen LogP contribution is -2.29. The molecule has 0 aliphatic carbocycles. The average Bonchev–Trinajstić information content (AvgIpc) is 2.34. The van der Waals surface area contributed by atoms with E-state index in [4.69, 9.17) is 0 Å². The fourth-order valence-corrected chi connectivity index (χ4v) is 1.65. The first-order chi connectivity index (χ1) is 8.15. The minimum absolute atomic E-state index is 0.458. The zero-order valence-corrected chi connectivity index (χ0v) is 10.5. The van der Waals surface area contributed by atoms with Crippen LogP contribution in [-0.2, 0) is 4.79 Å². The molecule has 2 atom stereocenters. The molecule has 0 bridgehead atoms. The van der Waals surface area contributed by atoms with Gasteiger partial charge in [-0.3, -0.25) is 4.79 Å². The van der Waals surface area contributed by atoms with E-state index in [1.807, 2.05) is 30.3 Å². The molecule has 0 aliphatic rings. The SMILES string of the molecule is CCC(C)CNCC(C(=O)O)c1ccccc1. The molecule has 17 heavy (non-hydrogen) atoms. The fourth-order valence-electron chi connectivity index (χ4n) is 1.65.